The summed E-state index contributed by atoms with van der Waals surface area (Å²) >= 11 is 0. The van der Waals surface area contributed by atoms with Crippen LogP contribution in [0.1, 0.15) is 32.4 Å². The molecule has 0 aliphatic carbocycles. The third-order valence-corrected chi connectivity index (χ3v) is 7.04. The molecule has 38 heavy (non-hydrogen) atoms. The van der Waals surface area contributed by atoms with Gasteiger partial charge in [-0.25, -0.2) is 9.67 Å². The van der Waals surface area contributed by atoms with E-state index in [1.807, 2.05) is 23.7 Å². The van der Waals surface area contributed by atoms with Gasteiger partial charge in [-0.2, -0.15) is 23.4 Å². The molecule has 2 aliphatic rings. The molecule has 2 fully saturated rings. The lowest BCUT2D eigenvalue weighted by Gasteiger charge is -2.34. The van der Waals surface area contributed by atoms with Crippen LogP contribution < -0.4 is 4.90 Å². The zero-order chi connectivity index (χ0) is 26.3. The van der Waals surface area contributed by atoms with Crippen molar-refractivity contribution in [3.8, 4) is 22.6 Å². The summed E-state index contributed by atoms with van der Waals surface area (Å²) in [5, 5.41) is 9.20. The van der Waals surface area contributed by atoms with Crippen LogP contribution in [0.4, 0.5) is 19.0 Å². The lowest BCUT2D eigenvalue weighted by atomic mass is 10.0. The van der Waals surface area contributed by atoms with Gasteiger partial charge in [0.05, 0.1) is 30.6 Å². The molecule has 0 N–H and O–H groups in total. The van der Waals surface area contributed by atoms with E-state index in [9.17, 15) is 13.2 Å². The van der Waals surface area contributed by atoms with Crippen molar-refractivity contribution in [1.82, 2.24) is 29.5 Å². The molecule has 0 bridgehead atoms. The number of morpholine rings is 1. The molecule has 2 unspecified atom stereocenters. The van der Waals surface area contributed by atoms with Gasteiger partial charge in [0.25, 0.3) is 0 Å². The maximum absolute atomic E-state index is 13.4. The molecule has 6 rings (SSSR count). The smallest absolute Gasteiger partial charge is 0.377 e. The second kappa shape index (κ2) is 9.99. The van der Waals surface area contributed by atoms with Crippen molar-refractivity contribution in [2.24, 2.45) is 0 Å². The molecular formula is C26H28F3N7O2. The van der Waals surface area contributed by atoms with Gasteiger partial charge in [0.1, 0.15) is 23.6 Å². The van der Waals surface area contributed by atoms with E-state index in [0.29, 0.717) is 60.0 Å². The zero-order valence-corrected chi connectivity index (χ0v) is 20.9. The number of halogens is 3. The van der Waals surface area contributed by atoms with Gasteiger partial charge in [-0.05, 0) is 50.5 Å². The Bertz CT molecular complexity index is 1430. The van der Waals surface area contributed by atoms with Crippen LogP contribution >= 0.6 is 0 Å². The van der Waals surface area contributed by atoms with Gasteiger partial charge in [0.15, 0.2) is 6.23 Å². The van der Waals surface area contributed by atoms with Crippen molar-refractivity contribution in [1.29, 1.82) is 0 Å². The van der Waals surface area contributed by atoms with Gasteiger partial charge in [-0.15, -0.1) is 0 Å². The number of ether oxygens (including phenoxy) is 2. The van der Waals surface area contributed by atoms with E-state index in [1.165, 1.54) is 6.20 Å². The highest BCUT2D eigenvalue weighted by Crippen LogP contribution is 2.37. The second-order valence-corrected chi connectivity index (χ2v) is 9.67. The minimum absolute atomic E-state index is 0.0444. The fraction of sp³-hybridized carbons (Fsp3) is 0.462. The van der Waals surface area contributed by atoms with Crippen LogP contribution in [-0.2, 0) is 16.0 Å². The Morgan fingerprint density at radius 1 is 1.03 bits per heavy atom. The molecule has 0 aromatic carbocycles. The number of pyridine rings is 2. The van der Waals surface area contributed by atoms with E-state index in [-0.39, 0.29) is 12.3 Å². The summed E-state index contributed by atoms with van der Waals surface area (Å²) in [5.41, 5.74) is 2.89. The molecule has 2 aliphatic heterocycles. The summed E-state index contributed by atoms with van der Waals surface area (Å²) in [7, 11) is 0. The molecule has 200 valence electrons. The van der Waals surface area contributed by atoms with Gasteiger partial charge in [-0.1, -0.05) is 0 Å². The van der Waals surface area contributed by atoms with Crippen LogP contribution in [0.3, 0.4) is 0 Å². The van der Waals surface area contributed by atoms with Crippen LogP contribution in [0.2, 0.25) is 0 Å². The lowest BCUT2D eigenvalue weighted by Crippen LogP contribution is -2.44. The van der Waals surface area contributed by atoms with Crippen LogP contribution in [0.15, 0.2) is 42.9 Å². The van der Waals surface area contributed by atoms with Gasteiger partial charge < -0.3 is 14.4 Å². The van der Waals surface area contributed by atoms with Crippen molar-refractivity contribution in [3.05, 3.63) is 42.9 Å². The van der Waals surface area contributed by atoms with E-state index in [4.69, 9.17) is 14.5 Å². The summed E-state index contributed by atoms with van der Waals surface area (Å²) in [6, 6.07) is 7.16. The fourth-order valence-electron chi connectivity index (χ4n) is 5.26. The minimum Gasteiger partial charge on any atom is -0.377 e. The van der Waals surface area contributed by atoms with Crippen molar-refractivity contribution in [2.45, 2.75) is 51.2 Å². The summed E-state index contributed by atoms with van der Waals surface area (Å²) in [4.78, 5) is 11.9. The molecule has 12 heteroatoms. The largest absolute Gasteiger partial charge is 0.408 e. The normalized spacial score (nSPS) is 20.8. The van der Waals surface area contributed by atoms with Crippen LogP contribution in [0.25, 0.3) is 33.5 Å². The van der Waals surface area contributed by atoms with Crippen molar-refractivity contribution in [3.63, 3.8) is 0 Å². The fourth-order valence-corrected chi connectivity index (χ4v) is 5.26. The standard InChI is InChI=1S/C26H28F3N7O2/c1-17-15-37-13-11-34(17)22-14-19(20-6-9-31-35(20)16-26(27,28)29)18-5-8-30-25(24(18)33-22)21-7-10-32-36(21)23-4-2-3-12-38-23/h5-10,14,17,23H,2-4,11-13,15-16H2,1H3. The first kappa shape index (κ1) is 24.8. The Labute approximate surface area is 217 Å². The van der Waals surface area contributed by atoms with E-state index < -0.39 is 12.7 Å². The van der Waals surface area contributed by atoms with Crippen molar-refractivity contribution in [2.75, 3.05) is 31.3 Å². The van der Waals surface area contributed by atoms with Crippen LogP contribution in [-0.4, -0.2) is 68.1 Å². The summed E-state index contributed by atoms with van der Waals surface area (Å²) in [6.07, 6.45) is 3.03. The van der Waals surface area contributed by atoms with E-state index >= 15 is 0 Å². The minimum atomic E-state index is -4.41. The molecule has 2 saturated heterocycles. The molecule has 4 aromatic rings. The first-order valence-electron chi connectivity index (χ1n) is 12.8. The summed E-state index contributed by atoms with van der Waals surface area (Å²) in [5.74, 6) is 0.650. The SMILES string of the molecule is CC1COCCN1c1cc(-c2ccnn2CC(F)(F)F)c2ccnc(-c3ccnn3C3CCCCO3)c2n1. The number of anilines is 1. The number of hydrogen-bond acceptors (Lipinski definition) is 7. The lowest BCUT2D eigenvalue weighted by molar-refractivity contribution is -0.142. The van der Waals surface area contributed by atoms with E-state index in [2.05, 4.69) is 20.1 Å². The molecule has 4 aromatic heterocycles. The van der Waals surface area contributed by atoms with E-state index in [0.717, 1.165) is 29.6 Å². The van der Waals surface area contributed by atoms with Gasteiger partial charge >= 0.3 is 6.18 Å². The molecule has 0 saturated carbocycles. The Balaban J connectivity index is 1.56. The molecule has 6 heterocycles. The van der Waals surface area contributed by atoms with Crippen LogP contribution in [0.5, 0.6) is 0 Å². The number of fused-ring (bicyclic) bond motifs is 1. The van der Waals surface area contributed by atoms with Crippen LogP contribution in [0, 0.1) is 0 Å². The number of alkyl halides is 3. The Morgan fingerprint density at radius 2 is 1.87 bits per heavy atom. The second-order valence-electron chi connectivity index (χ2n) is 9.67. The van der Waals surface area contributed by atoms with Gasteiger partial charge in [-0.3, -0.25) is 9.67 Å². The Morgan fingerprint density at radius 3 is 2.66 bits per heavy atom. The number of nitrogens with zero attached hydrogens (tertiary/aromatic N) is 7. The molecular weight excluding hydrogens is 499 g/mol. The predicted molar refractivity (Wildman–Crippen MR) is 135 cm³/mol. The van der Waals surface area contributed by atoms with Crippen molar-refractivity contribution >= 4 is 16.7 Å². The highest BCUT2D eigenvalue weighted by molar-refractivity contribution is 6.01. The monoisotopic (exact) mass is 527 g/mol. The number of aromatic nitrogens is 6. The zero-order valence-electron chi connectivity index (χ0n) is 20.9. The Kier molecular flexibility index (Phi) is 6.52. The maximum atomic E-state index is 13.4. The summed E-state index contributed by atoms with van der Waals surface area (Å²) in [6.45, 7) is 3.20. The Hall–Kier alpha value is -3.51. The molecule has 9 nitrogen and oxygen atoms in total. The first-order valence-corrected chi connectivity index (χ1v) is 12.8. The number of hydrogen-bond donors (Lipinski definition) is 0. The maximum Gasteiger partial charge on any atom is 0.408 e. The average Bonchev–Trinajstić information content (AvgIpc) is 3.57. The van der Waals surface area contributed by atoms with E-state index in [1.54, 1.807) is 24.5 Å². The number of rotatable bonds is 5. The molecule has 0 amide bonds. The topological polar surface area (TPSA) is 83.1 Å². The predicted octanol–water partition coefficient (Wildman–Crippen LogP) is 4.84. The first-order chi connectivity index (χ1) is 18.4. The molecule has 2 atom stereocenters. The quantitative estimate of drug-likeness (QED) is 0.367. The van der Waals surface area contributed by atoms with Gasteiger partial charge in [0, 0.05) is 42.7 Å². The highest BCUT2D eigenvalue weighted by Gasteiger charge is 2.31. The molecule has 0 radical (unpaired) electrons. The third kappa shape index (κ3) is 4.73. The van der Waals surface area contributed by atoms with Gasteiger partial charge in [0.2, 0.25) is 0 Å². The third-order valence-electron chi connectivity index (χ3n) is 7.04. The average molecular weight is 528 g/mol. The summed E-state index contributed by atoms with van der Waals surface area (Å²) < 4.78 is 54.6. The highest BCUT2D eigenvalue weighted by atomic mass is 19.4. The van der Waals surface area contributed by atoms with Crippen molar-refractivity contribution < 1.29 is 22.6 Å². The molecule has 0 spiro atoms.